The van der Waals surface area contributed by atoms with Crippen LogP contribution in [0.1, 0.15) is 26.3 Å². The first-order valence-electron chi connectivity index (χ1n) is 8.74. The van der Waals surface area contributed by atoms with Crippen LogP contribution in [0, 0.1) is 11.6 Å². The van der Waals surface area contributed by atoms with Gasteiger partial charge in [-0.1, -0.05) is 23.4 Å². The summed E-state index contributed by atoms with van der Waals surface area (Å²) in [5.41, 5.74) is 0.456. The largest absolute Gasteiger partial charge is 0.365 e. The Kier molecular flexibility index (Phi) is 4.89. The molecule has 0 N–H and O–H groups in total. The van der Waals surface area contributed by atoms with Crippen LogP contribution < -0.4 is 4.90 Å². The molecule has 0 atom stereocenters. The van der Waals surface area contributed by atoms with Crippen molar-refractivity contribution in [2.75, 3.05) is 4.90 Å². The van der Waals surface area contributed by atoms with Gasteiger partial charge in [0.25, 0.3) is 11.8 Å². The summed E-state index contributed by atoms with van der Waals surface area (Å²) < 4.78 is 26.2. The van der Waals surface area contributed by atoms with Gasteiger partial charge >= 0.3 is 5.97 Å². The zero-order valence-corrected chi connectivity index (χ0v) is 15.2. The Hall–Kier alpha value is -4.20. The zero-order valence-electron chi connectivity index (χ0n) is 15.2. The van der Waals surface area contributed by atoms with Gasteiger partial charge in [-0.2, -0.15) is 0 Å². The van der Waals surface area contributed by atoms with E-state index < -0.39 is 29.4 Å². The van der Waals surface area contributed by atoms with E-state index in [-0.39, 0.29) is 22.5 Å². The summed E-state index contributed by atoms with van der Waals surface area (Å²) in [4.78, 5) is 43.6. The van der Waals surface area contributed by atoms with Gasteiger partial charge < -0.3 is 4.84 Å². The summed E-state index contributed by atoms with van der Waals surface area (Å²) in [5.74, 6) is -3.40. The average molecular weight is 406 g/mol. The van der Waals surface area contributed by atoms with Crippen molar-refractivity contribution in [1.82, 2.24) is 0 Å². The van der Waals surface area contributed by atoms with Crippen LogP contribution in [0.15, 0.2) is 78.0 Å². The van der Waals surface area contributed by atoms with E-state index in [2.05, 4.69) is 5.16 Å². The van der Waals surface area contributed by atoms with Crippen molar-refractivity contribution in [1.29, 1.82) is 0 Å². The maximum absolute atomic E-state index is 13.2. The number of hydrogen-bond acceptors (Lipinski definition) is 5. The molecular weight excluding hydrogens is 394 g/mol. The number of nitrogens with zero attached hydrogens (tertiary/aromatic N) is 2. The fraction of sp³-hybridized carbons (Fsp3) is 0. The van der Waals surface area contributed by atoms with Crippen molar-refractivity contribution >= 4 is 29.2 Å². The Morgan fingerprint density at radius 3 is 2.00 bits per heavy atom. The highest BCUT2D eigenvalue weighted by Gasteiger charge is 2.39. The predicted octanol–water partition coefficient (Wildman–Crippen LogP) is 3.71. The first-order chi connectivity index (χ1) is 14.5. The quantitative estimate of drug-likeness (QED) is 0.378. The molecule has 0 spiro atoms. The maximum Gasteiger partial charge on any atom is 0.365 e. The van der Waals surface area contributed by atoms with E-state index in [4.69, 9.17) is 4.84 Å². The van der Waals surface area contributed by atoms with E-state index in [1.54, 1.807) is 24.3 Å². The van der Waals surface area contributed by atoms with Crippen LogP contribution >= 0.6 is 0 Å². The molecule has 30 heavy (non-hydrogen) atoms. The molecule has 0 bridgehead atoms. The van der Waals surface area contributed by atoms with Gasteiger partial charge in [-0.3, -0.25) is 9.59 Å². The number of hydrogen-bond donors (Lipinski definition) is 0. The van der Waals surface area contributed by atoms with Crippen molar-refractivity contribution in [3.63, 3.8) is 0 Å². The molecule has 3 aromatic rings. The number of para-hydroxylation sites is 1. The van der Waals surface area contributed by atoms with Gasteiger partial charge in [0.2, 0.25) is 0 Å². The smallest absolute Gasteiger partial charge is 0.312 e. The van der Waals surface area contributed by atoms with Crippen molar-refractivity contribution in [3.05, 3.63) is 101 Å². The van der Waals surface area contributed by atoms with Gasteiger partial charge in [0.1, 0.15) is 11.6 Å². The van der Waals surface area contributed by atoms with Crippen molar-refractivity contribution < 1.29 is 28.0 Å². The number of oxime groups is 1. The van der Waals surface area contributed by atoms with E-state index in [9.17, 15) is 23.2 Å². The van der Waals surface area contributed by atoms with Crippen LogP contribution in [0.25, 0.3) is 0 Å². The zero-order chi connectivity index (χ0) is 21.3. The van der Waals surface area contributed by atoms with Gasteiger partial charge in [0.15, 0.2) is 5.71 Å². The molecule has 1 aliphatic rings. The SMILES string of the molecule is O=C(O/N=C1/C(=O)N(C(=O)c2ccc(F)cc2)c2ccccc21)c1ccc(F)cc1. The van der Waals surface area contributed by atoms with Crippen LogP contribution in [0.5, 0.6) is 0 Å². The number of carbonyl (C=O) groups excluding carboxylic acids is 3. The molecule has 1 aliphatic heterocycles. The molecule has 0 radical (unpaired) electrons. The lowest BCUT2D eigenvalue weighted by Crippen LogP contribution is -2.36. The molecule has 0 saturated heterocycles. The van der Waals surface area contributed by atoms with Gasteiger partial charge in [-0.25, -0.2) is 18.5 Å². The summed E-state index contributed by atoms with van der Waals surface area (Å²) in [6, 6.07) is 15.7. The molecular formula is C22H12F2N2O4. The number of anilines is 1. The van der Waals surface area contributed by atoms with Crippen LogP contribution in [0.4, 0.5) is 14.5 Å². The summed E-state index contributed by atoms with van der Waals surface area (Å²) >= 11 is 0. The molecule has 4 rings (SSSR count). The molecule has 0 unspecified atom stereocenters. The highest BCUT2D eigenvalue weighted by Crippen LogP contribution is 2.30. The number of halogens is 2. The second-order valence-corrected chi connectivity index (χ2v) is 6.30. The maximum atomic E-state index is 13.2. The predicted molar refractivity (Wildman–Crippen MR) is 103 cm³/mol. The second-order valence-electron chi connectivity index (χ2n) is 6.30. The Bertz CT molecular complexity index is 1190. The Morgan fingerprint density at radius 2 is 1.37 bits per heavy atom. The lowest BCUT2D eigenvalue weighted by Gasteiger charge is -2.14. The molecule has 1 heterocycles. The van der Waals surface area contributed by atoms with Gasteiger partial charge in [0, 0.05) is 11.1 Å². The first-order valence-corrected chi connectivity index (χ1v) is 8.74. The average Bonchev–Trinajstić information content (AvgIpc) is 3.03. The molecule has 0 saturated carbocycles. The van der Waals surface area contributed by atoms with Gasteiger partial charge in [-0.05, 0) is 54.6 Å². The monoisotopic (exact) mass is 406 g/mol. The topological polar surface area (TPSA) is 76.0 Å². The molecule has 2 amide bonds. The standard InChI is InChI=1S/C22H12F2N2O4/c23-15-9-5-13(6-10-15)20(27)26-18-4-2-1-3-17(18)19(21(26)28)25-30-22(29)14-7-11-16(24)12-8-14/h1-12H/b25-19+. The Balaban J connectivity index is 1.65. The van der Waals surface area contributed by atoms with Crippen molar-refractivity contribution in [3.8, 4) is 0 Å². The van der Waals surface area contributed by atoms with Crippen LogP contribution in [0.3, 0.4) is 0 Å². The van der Waals surface area contributed by atoms with Crippen molar-refractivity contribution in [2.45, 2.75) is 0 Å². The summed E-state index contributed by atoms with van der Waals surface area (Å²) in [6.45, 7) is 0. The molecule has 3 aromatic carbocycles. The fourth-order valence-corrected chi connectivity index (χ4v) is 2.94. The normalized spacial score (nSPS) is 14.0. The van der Waals surface area contributed by atoms with Gasteiger partial charge in [0.05, 0.1) is 11.3 Å². The number of rotatable bonds is 3. The van der Waals surface area contributed by atoms with Crippen molar-refractivity contribution in [2.24, 2.45) is 5.16 Å². The van der Waals surface area contributed by atoms with E-state index in [1.165, 1.54) is 24.3 Å². The van der Waals surface area contributed by atoms with E-state index in [0.29, 0.717) is 5.56 Å². The number of imide groups is 1. The molecule has 0 aliphatic carbocycles. The highest BCUT2D eigenvalue weighted by atomic mass is 19.1. The molecule has 0 fully saturated rings. The van der Waals surface area contributed by atoms with E-state index in [1.807, 2.05) is 0 Å². The third-order valence-electron chi connectivity index (χ3n) is 4.40. The third kappa shape index (κ3) is 3.46. The summed E-state index contributed by atoms with van der Waals surface area (Å²) in [6.07, 6.45) is 0. The summed E-state index contributed by atoms with van der Waals surface area (Å²) in [7, 11) is 0. The minimum absolute atomic E-state index is 0.0405. The number of carbonyl (C=O) groups is 3. The Morgan fingerprint density at radius 1 is 0.800 bits per heavy atom. The van der Waals surface area contributed by atoms with Crippen LogP contribution in [-0.2, 0) is 9.63 Å². The Labute approximate surface area is 169 Å². The fourth-order valence-electron chi connectivity index (χ4n) is 2.94. The van der Waals surface area contributed by atoms with Crippen LogP contribution in [-0.4, -0.2) is 23.5 Å². The minimum atomic E-state index is -0.893. The molecule has 8 heteroatoms. The second kappa shape index (κ2) is 7.67. The van der Waals surface area contributed by atoms with Crippen LogP contribution in [0.2, 0.25) is 0 Å². The summed E-state index contributed by atoms with van der Waals surface area (Å²) in [5, 5.41) is 3.65. The lowest BCUT2D eigenvalue weighted by atomic mass is 10.1. The highest BCUT2D eigenvalue weighted by molar-refractivity contribution is 6.58. The molecule has 6 nitrogen and oxygen atoms in total. The molecule has 148 valence electrons. The number of benzene rings is 3. The van der Waals surface area contributed by atoms with E-state index >= 15 is 0 Å². The third-order valence-corrected chi connectivity index (χ3v) is 4.40. The minimum Gasteiger partial charge on any atom is -0.312 e. The van der Waals surface area contributed by atoms with Gasteiger partial charge in [-0.15, -0.1) is 0 Å². The van der Waals surface area contributed by atoms with E-state index in [0.717, 1.165) is 29.2 Å². The number of amides is 2. The lowest BCUT2D eigenvalue weighted by molar-refractivity contribution is -0.111. The molecule has 0 aromatic heterocycles. The first kappa shape index (κ1) is 19.1. The number of fused-ring (bicyclic) bond motifs is 1.